The quantitative estimate of drug-likeness (QED) is 0.629. The van der Waals surface area contributed by atoms with Crippen LogP contribution in [0, 0.1) is 5.82 Å². The maximum Gasteiger partial charge on any atom is 0.252 e. The summed E-state index contributed by atoms with van der Waals surface area (Å²) in [6.07, 6.45) is 2.18. The van der Waals surface area contributed by atoms with Gasteiger partial charge in [0.25, 0.3) is 5.89 Å². The van der Waals surface area contributed by atoms with Gasteiger partial charge >= 0.3 is 0 Å². The molecule has 0 amide bonds. The van der Waals surface area contributed by atoms with Gasteiger partial charge in [0, 0.05) is 13.7 Å². The average Bonchev–Trinajstić information content (AvgIpc) is 3.14. The number of rotatable bonds is 8. The first-order chi connectivity index (χ1) is 13.0. The molecule has 0 bridgehead atoms. The summed E-state index contributed by atoms with van der Waals surface area (Å²) >= 11 is 0. The lowest BCUT2D eigenvalue weighted by atomic mass is 10.0. The van der Waals surface area contributed by atoms with Crippen molar-refractivity contribution >= 4 is 10.0 Å². The molecule has 0 radical (unpaired) electrons. The molecule has 1 aromatic carbocycles. The third-order valence-electron chi connectivity index (χ3n) is 4.31. The van der Waals surface area contributed by atoms with Gasteiger partial charge in [0.1, 0.15) is 12.4 Å². The first-order valence-corrected chi connectivity index (χ1v) is 10.1. The van der Waals surface area contributed by atoms with E-state index in [9.17, 15) is 12.8 Å². The van der Waals surface area contributed by atoms with Gasteiger partial charge < -0.3 is 14.0 Å². The lowest BCUT2D eigenvalue weighted by Gasteiger charge is -2.32. The maximum atomic E-state index is 13.2. The summed E-state index contributed by atoms with van der Waals surface area (Å²) < 4.78 is 56.0. The molecule has 8 nitrogen and oxygen atoms in total. The van der Waals surface area contributed by atoms with Gasteiger partial charge in [0.05, 0.1) is 24.2 Å². The molecule has 1 aliphatic heterocycles. The molecule has 1 aromatic heterocycles. The summed E-state index contributed by atoms with van der Waals surface area (Å²) in [6.45, 7) is 1.32. The zero-order valence-corrected chi connectivity index (χ0v) is 15.8. The molecule has 1 saturated heterocycles. The van der Waals surface area contributed by atoms with E-state index in [1.807, 2.05) is 0 Å². The Kier molecular flexibility index (Phi) is 6.53. The number of benzene rings is 1. The van der Waals surface area contributed by atoms with Crippen LogP contribution in [-0.4, -0.2) is 49.7 Å². The first kappa shape index (κ1) is 19.9. The molecule has 2 aromatic rings. The molecule has 27 heavy (non-hydrogen) atoms. The number of hydrogen-bond donors (Lipinski definition) is 0. The summed E-state index contributed by atoms with van der Waals surface area (Å²) in [5, 5.41) is 3.95. The summed E-state index contributed by atoms with van der Waals surface area (Å²) in [5.74, 6) is 0.108. The highest BCUT2D eigenvalue weighted by Crippen LogP contribution is 2.34. The summed E-state index contributed by atoms with van der Waals surface area (Å²) in [5.41, 5.74) is 0. The Morgan fingerprint density at radius 2 is 2.04 bits per heavy atom. The number of hydrogen-bond acceptors (Lipinski definition) is 7. The predicted molar refractivity (Wildman–Crippen MR) is 92.7 cm³/mol. The molecule has 1 fully saturated rings. The van der Waals surface area contributed by atoms with E-state index in [4.69, 9.17) is 14.0 Å². The second-order valence-electron chi connectivity index (χ2n) is 6.17. The second-order valence-corrected chi connectivity index (χ2v) is 8.06. The molecule has 1 unspecified atom stereocenters. The lowest BCUT2D eigenvalue weighted by molar-refractivity contribution is 0.0494. The fourth-order valence-electron chi connectivity index (χ4n) is 2.96. The zero-order valence-electron chi connectivity index (χ0n) is 15.0. The van der Waals surface area contributed by atoms with Crippen LogP contribution in [0.15, 0.2) is 33.7 Å². The molecule has 0 spiro atoms. The zero-order chi connectivity index (χ0) is 19.3. The Morgan fingerprint density at radius 1 is 1.26 bits per heavy atom. The van der Waals surface area contributed by atoms with Gasteiger partial charge in [-0.3, -0.25) is 0 Å². The molecular weight excluding hydrogens is 377 g/mol. The third kappa shape index (κ3) is 4.70. The van der Waals surface area contributed by atoms with Gasteiger partial charge in [0.15, 0.2) is 5.82 Å². The van der Waals surface area contributed by atoms with Crippen LogP contribution in [0.5, 0.6) is 0 Å². The molecule has 1 atom stereocenters. The topological polar surface area (TPSA) is 94.8 Å². The van der Waals surface area contributed by atoms with Gasteiger partial charge in [-0.1, -0.05) is 11.6 Å². The number of halogens is 1. The first-order valence-electron chi connectivity index (χ1n) is 8.69. The molecule has 0 aliphatic carbocycles. The fourth-order valence-corrected chi connectivity index (χ4v) is 4.61. The summed E-state index contributed by atoms with van der Waals surface area (Å²) in [7, 11) is -2.22. The minimum absolute atomic E-state index is 0.0439. The van der Waals surface area contributed by atoms with E-state index in [2.05, 4.69) is 10.1 Å². The Hall–Kier alpha value is -1.88. The number of nitrogens with zero attached hydrogens (tertiary/aromatic N) is 3. The average molecular weight is 399 g/mol. The van der Waals surface area contributed by atoms with E-state index < -0.39 is 21.9 Å². The summed E-state index contributed by atoms with van der Waals surface area (Å²) in [6, 6.07) is 4.28. The van der Waals surface area contributed by atoms with Crippen molar-refractivity contribution in [2.45, 2.75) is 36.8 Å². The van der Waals surface area contributed by atoms with Crippen molar-refractivity contribution in [3.8, 4) is 0 Å². The molecule has 2 heterocycles. The van der Waals surface area contributed by atoms with Crippen LogP contribution in [0.3, 0.4) is 0 Å². The number of piperidine rings is 1. The van der Waals surface area contributed by atoms with Crippen molar-refractivity contribution in [3.05, 3.63) is 41.8 Å². The highest BCUT2D eigenvalue weighted by atomic mass is 32.2. The Balaban J connectivity index is 1.77. The van der Waals surface area contributed by atoms with Crippen molar-refractivity contribution in [1.82, 2.24) is 14.4 Å². The third-order valence-corrected chi connectivity index (χ3v) is 6.24. The Labute approximate surface area is 157 Å². The lowest BCUT2D eigenvalue weighted by Crippen LogP contribution is -2.39. The van der Waals surface area contributed by atoms with Crippen LogP contribution in [0.1, 0.15) is 37.0 Å². The number of aromatic nitrogens is 2. The van der Waals surface area contributed by atoms with Crippen LogP contribution < -0.4 is 0 Å². The van der Waals surface area contributed by atoms with Gasteiger partial charge in [-0.2, -0.15) is 9.29 Å². The molecule has 0 saturated carbocycles. The Morgan fingerprint density at radius 3 is 2.78 bits per heavy atom. The van der Waals surface area contributed by atoms with E-state index in [1.54, 1.807) is 7.11 Å². The monoisotopic (exact) mass is 399 g/mol. The van der Waals surface area contributed by atoms with E-state index in [0.29, 0.717) is 32.0 Å². The van der Waals surface area contributed by atoms with Crippen LogP contribution in [0.25, 0.3) is 0 Å². The van der Waals surface area contributed by atoms with E-state index in [-0.39, 0.29) is 17.4 Å². The van der Waals surface area contributed by atoms with Crippen molar-refractivity contribution < 1.29 is 26.8 Å². The van der Waals surface area contributed by atoms with Crippen molar-refractivity contribution in [3.63, 3.8) is 0 Å². The van der Waals surface area contributed by atoms with Crippen molar-refractivity contribution in [2.24, 2.45) is 0 Å². The maximum absolute atomic E-state index is 13.2. The molecule has 148 valence electrons. The largest absolute Gasteiger partial charge is 0.382 e. The van der Waals surface area contributed by atoms with Crippen LogP contribution >= 0.6 is 0 Å². The van der Waals surface area contributed by atoms with Gasteiger partial charge in [-0.25, -0.2) is 12.8 Å². The minimum Gasteiger partial charge on any atom is -0.382 e. The summed E-state index contributed by atoms with van der Waals surface area (Å²) in [4.78, 5) is 4.34. The smallest absolute Gasteiger partial charge is 0.252 e. The number of ether oxygens (including phenoxy) is 2. The SMILES string of the molecule is COCCOCc1nc(C2CCCCN2S(=O)(=O)c2ccc(F)cc2)no1. The van der Waals surface area contributed by atoms with E-state index in [1.165, 1.54) is 16.4 Å². The van der Waals surface area contributed by atoms with Crippen LogP contribution in [0.2, 0.25) is 0 Å². The van der Waals surface area contributed by atoms with Crippen LogP contribution in [-0.2, 0) is 26.1 Å². The fraction of sp³-hybridized carbons (Fsp3) is 0.529. The highest BCUT2D eigenvalue weighted by molar-refractivity contribution is 7.89. The number of methoxy groups -OCH3 is 1. The number of sulfonamides is 1. The standard InChI is InChI=1S/C17H22FN3O5S/c1-24-10-11-25-12-16-19-17(20-26-16)15-4-2-3-9-21(15)27(22,23)14-7-5-13(18)6-8-14/h5-8,15H,2-4,9-12H2,1H3. The van der Waals surface area contributed by atoms with Gasteiger partial charge in [-0.05, 0) is 37.1 Å². The van der Waals surface area contributed by atoms with E-state index >= 15 is 0 Å². The molecular formula is C17H22FN3O5S. The van der Waals surface area contributed by atoms with Gasteiger partial charge in [0.2, 0.25) is 10.0 Å². The van der Waals surface area contributed by atoms with Crippen molar-refractivity contribution in [2.75, 3.05) is 26.9 Å². The molecule has 10 heteroatoms. The molecule has 1 aliphatic rings. The van der Waals surface area contributed by atoms with Crippen LogP contribution in [0.4, 0.5) is 4.39 Å². The molecule has 0 N–H and O–H groups in total. The van der Waals surface area contributed by atoms with Gasteiger partial charge in [-0.15, -0.1) is 0 Å². The van der Waals surface area contributed by atoms with Crippen molar-refractivity contribution in [1.29, 1.82) is 0 Å². The van der Waals surface area contributed by atoms with E-state index in [0.717, 1.165) is 25.0 Å². The minimum atomic E-state index is -3.79. The second kappa shape index (κ2) is 8.87. The molecule has 3 rings (SSSR count). The normalized spacial score (nSPS) is 18.7. The Bertz CT molecular complexity index is 841. The highest BCUT2D eigenvalue weighted by Gasteiger charge is 2.37. The predicted octanol–water partition coefficient (Wildman–Crippen LogP) is 2.29.